The van der Waals surface area contributed by atoms with E-state index >= 15 is 0 Å². The third kappa shape index (κ3) is 4.40. The van der Waals surface area contributed by atoms with Crippen LogP contribution in [0, 0.1) is 0 Å². The number of urea groups is 1. The number of hydrogen-bond donors (Lipinski definition) is 2. The fourth-order valence-electron chi connectivity index (χ4n) is 3.42. The van der Waals surface area contributed by atoms with Gasteiger partial charge in [-0.3, -0.25) is 4.90 Å². The molecule has 1 aromatic heterocycles. The van der Waals surface area contributed by atoms with E-state index in [9.17, 15) is 4.79 Å². The van der Waals surface area contributed by atoms with Crippen LogP contribution in [0.4, 0.5) is 10.5 Å². The van der Waals surface area contributed by atoms with Gasteiger partial charge in [-0.05, 0) is 44.4 Å². The van der Waals surface area contributed by atoms with Crippen LogP contribution in [0.3, 0.4) is 0 Å². The number of likely N-dealkylation sites (tertiary alicyclic amines) is 1. The molecule has 1 atom stereocenters. The van der Waals surface area contributed by atoms with Gasteiger partial charge in [-0.15, -0.1) is 0 Å². The number of amides is 2. The maximum absolute atomic E-state index is 12.1. The van der Waals surface area contributed by atoms with Crippen LogP contribution in [-0.2, 0) is 6.54 Å². The Morgan fingerprint density at radius 3 is 2.85 bits per heavy atom. The van der Waals surface area contributed by atoms with Crippen molar-refractivity contribution in [1.29, 1.82) is 0 Å². The average Bonchev–Trinajstić information content (AvgIpc) is 3.41. The summed E-state index contributed by atoms with van der Waals surface area (Å²) in [5, 5.41) is 9.95. The summed E-state index contributed by atoms with van der Waals surface area (Å²) >= 11 is 0. The van der Waals surface area contributed by atoms with Gasteiger partial charge in [0.1, 0.15) is 0 Å². The summed E-state index contributed by atoms with van der Waals surface area (Å²) < 4.78 is 5.42. The van der Waals surface area contributed by atoms with E-state index in [4.69, 9.17) is 4.52 Å². The first-order chi connectivity index (χ1) is 12.8. The Kier molecular flexibility index (Phi) is 5.15. The first-order valence-electron chi connectivity index (χ1n) is 9.44. The second-order valence-corrected chi connectivity index (χ2v) is 7.14. The molecule has 0 spiro atoms. The van der Waals surface area contributed by atoms with Crippen LogP contribution in [0.15, 0.2) is 34.9 Å². The molecule has 2 fully saturated rings. The summed E-state index contributed by atoms with van der Waals surface area (Å²) in [7, 11) is 0. The molecule has 0 unspecified atom stereocenters. The first kappa shape index (κ1) is 17.0. The highest BCUT2D eigenvalue weighted by molar-refractivity contribution is 5.89. The summed E-state index contributed by atoms with van der Waals surface area (Å²) in [4.78, 5) is 19.0. The summed E-state index contributed by atoms with van der Waals surface area (Å²) in [6.45, 7) is 2.27. The standard InChI is InChI=1S/C19H25N5O2/c25-19(21-15-6-2-1-3-7-15)20-12-16-8-4-5-11-24(16)13-17-22-18(23-26-17)14-9-10-14/h1-3,6-7,14,16H,4-5,8-13H2,(H2,20,21,25)/t16-/m0/s1. The predicted octanol–water partition coefficient (Wildman–Crippen LogP) is 3.12. The van der Waals surface area contributed by atoms with E-state index in [1.165, 1.54) is 19.3 Å². The minimum absolute atomic E-state index is 0.171. The van der Waals surface area contributed by atoms with Crippen molar-refractivity contribution in [1.82, 2.24) is 20.4 Å². The molecule has 2 amide bonds. The van der Waals surface area contributed by atoms with Crippen molar-refractivity contribution in [2.75, 3.05) is 18.4 Å². The Balaban J connectivity index is 1.29. The van der Waals surface area contributed by atoms with Gasteiger partial charge in [-0.1, -0.05) is 29.8 Å². The molecule has 2 heterocycles. The van der Waals surface area contributed by atoms with Crippen LogP contribution in [0.25, 0.3) is 0 Å². The third-order valence-corrected chi connectivity index (χ3v) is 5.04. The number of aromatic nitrogens is 2. The zero-order chi connectivity index (χ0) is 17.8. The lowest BCUT2D eigenvalue weighted by atomic mass is 10.0. The summed E-state index contributed by atoms with van der Waals surface area (Å²) in [6.07, 6.45) is 5.75. The fraction of sp³-hybridized carbons (Fsp3) is 0.526. The predicted molar refractivity (Wildman–Crippen MR) is 97.8 cm³/mol. The highest BCUT2D eigenvalue weighted by atomic mass is 16.5. The molecule has 0 bridgehead atoms. The molecular weight excluding hydrogens is 330 g/mol. The molecular formula is C19H25N5O2. The molecule has 0 radical (unpaired) electrons. The Morgan fingerprint density at radius 2 is 2.04 bits per heavy atom. The van der Waals surface area contributed by atoms with E-state index in [-0.39, 0.29) is 6.03 Å². The lowest BCUT2D eigenvalue weighted by Gasteiger charge is -2.34. The second kappa shape index (κ2) is 7.86. The number of hydrogen-bond acceptors (Lipinski definition) is 5. The zero-order valence-corrected chi connectivity index (χ0v) is 14.9. The van der Waals surface area contributed by atoms with Crippen molar-refractivity contribution < 1.29 is 9.32 Å². The first-order valence-corrected chi connectivity index (χ1v) is 9.44. The quantitative estimate of drug-likeness (QED) is 0.832. The molecule has 2 N–H and O–H groups in total. The van der Waals surface area contributed by atoms with Gasteiger partial charge < -0.3 is 15.2 Å². The topological polar surface area (TPSA) is 83.3 Å². The monoisotopic (exact) mass is 355 g/mol. The molecule has 1 aliphatic heterocycles. The van der Waals surface area contributed by atoms with Crippen LogP contribution in [0.5, 0.6) is 0 Å². The molecule has 26 heavy (non-hydrogen) atoms. The van der Waals surface area contributed by atoms with E-state index in [2.05, 4.69) is 25.7 Å². The van der Waals surface area contributed by atoms with Gasteiger partial charge in [0.05, 0.1) is 6.54 Å². The van der Waals surface area contributed by atoms with Gasteiger partial charge in [0.25, 0.3) is 0 Å². The van der Waals surface area contributed by atoms with Crippen molar-refractivity contribution >= 4 is 11.7 Å². The van der Waals surface area contributed by atoms with Gasteiger partial charge in [0.2, 0.25) is 5.89 Å². The summed E-state index contributed by atoms with van der Waals surface area (Å²) in [5.41, 5.74) is 0.795. The average molecular weight is 355 g/mol. The Morgan fingerprint density at radius 1 is 1.19 bits per heavy atom. The van der Waals surface area contributed by atoms with Crippen LogP contribution in [-0.4, -0.2) is 40.2 Å². The minimum atomic E-state index is -0.171. The van der Waals surface area contributed by atoms with Crippen molar-refractivity contribution in [3.8, 4) is 0 Å². The maximum atomic E-state index is 12.1. The van der Waals surface area contributed by atoms with Crippen molar-refractivity contribution in [2.45, 2.75) is 50.6 Å². The zero-order valence-electron chi connectivity index (χ0n) is 14.9. The number of benzene rings is 1. The van der Waals surface area contributed by atoms with E-state index in [0.717, 1.165) is 30.9 Å². The molecule has 7 nitrogen and oxygen atoms in total. The molecule has 4 rings (SSSR count). The Labute approximate surface area is 153 Å². The van der Waals surface area contributed by atoms with Gasteiger partial charge in [0, 0.05) is 24.2 Å². The van der Waals surface area contributed by atoms with Gasteiger partial charge in [0.15, 0.2) is 5.82 Å². The molecule has 138 valence electrons. The van der Waals surface area contributed by atoms with Crippen LogP contribution in [0.1, 0.15) is 49.7 Å². The van der Waals surface area contributed by atoms with Crippen molar-refractivity contribution in [3.05, 3.63) is 42.0 Å². The van der Waals surface area contributed by atoms with E-state index in [1.807, 2.05) is 30.3 Å². The number of anilines is 1. The Bertz CT molecular complexity index is 729. The molecule has 2 aliphatic rings. The van der Waals surface area contributed by atoms with Gasteiger partial charge >= 0.3 is 6.03 Å². The van der Waals surface area contributed by atoms with E-state index in [0.29, 0.717) is 30.9 Å². The highest BCUT2D eigenvalue weighted by Crippen LogP contribution is 2.38. The fourth-order valence-corrected chi connectivity index (χ4v) is 3.42. The second-order valence-electron chi connectivity index (χ2n) is 7.14. The number of piperidine rings is 1. The number of para-hydroxylation sites is 1. The van der Waals surface area contributed by atoms with Crippen LogP contribution >= 0.6 is 0 Å². The number of carbonyl (C=O) groups excluding carboxylic acids is 1. The summed E-state index contributed by atoms with van der Waals surface area (Å²) in [5.74, 6) is 2.05. The van der Waals surface area contributed by atoms with Crippen LogP contribution < -0.4 is 10.6 Å². The minimum Gasteiger partial charge on any atom is -0.338 e. The molecule has 2 aromatic rings. The van der Waals surface area contributed by atoms with E-state index in [1.54, 1.807) is 0 Å². The van der Waals surface area contributed by atoms with Gasteiger partial charge in [-0.25, -0.2) is 4.79 Å². The number of carbonyl (C=O) groups is 1. The van der Waals surface area contributed by atoms with Crippen molar-refractivity contribution in [2.24, 2.45) is 0 Å². The Hall–Kier alpha value is -2.41. The van der Waals surface area contributed by atoms with Crippen LogP contribution in [0.2, 0.25) is 0 Å². The molecule has 1 saturated heterocycles. The SMILES string of the molecule is O=C(NC[C@@H]1CCCCN1Cc1nc(C2CC2)no1)Nc1ccccc1. The van der Waals surface area contributed by atoms with Crippen molar-refractivity contribution in [3.63, 3.8) is 0 Å². The third-order valence-electron chi connectivity index (χ3n) is 5.04. The lowest BCUT2D eigenvalue weighted by Crippen LogP contribution is -2.47. The molecule has 1 saturated carbocycles. The molecule has 1 aromatic carbocycles. The largest absolute Gasteiger partial charge is 0.338 e. The summed E-state index contributed by atoms with van der Waals surface area (Å²) in [6, 6.07) is 9.60. The number of nitrogens with zero attached hydrogens (tertiary/aromatic N) is 3. The smallest absolute Gasteiger partial charge is 0.319 e. The normalized spacial score (nSPS) is 20.7. The lowest BCUT2D eigenvalue weighted by molar-refractivity contribution is 0.123. The maximum Gasteiger partial charge on any atom is 0.319 e. The van der Waals surface area contributed by atoms with Gasteiger partial charge in [-0.2, -0.15) is 4.98 Å². The highest BCUT2D eigenvalue weighted by Gasteiger charge is 2.30. The molecule has 1 aliphatic carbocycles. The number of rotatable bonds is 6. The van der Waals surface area contributed by atoms with E-state index < -0.39 is 0 Å². The molecule has 7 heteroatoms. The number of nitrogens with one attached hydrogen (secondary N) is 2.